The minimum Gasteiger partial charge on any atom is -0.490 e. The summed E-state index contributed by atoms with van der Waals surface area (Å²) >= 11 is 0. The summed E-state index contributed by atoms with van der Waals surface area (Å²) in [5.74, 6) is 2.22. The van der Waals surface area contributed by atoms with E-state index in [1.54, 1.807) is 18.3 Å². The van der Waals surface area contributed by atoms with Gasteiger partial charge in [0.15, 0.2) is 5.82 Å². The van der Waals surface area contributed by atoms with Crippen molar-refractivity contribution in [2.24, 2.45) is 0 Å². The maximum Gasteiger partial charge on any atom is 0.153 e. The smallest absolute Gasteiger partial charge is 0.153 e. The Morgan fingerprint density at radius 1 is 1.25 bits per heavy atom. The van der Waals surface area contributed by atoms with Crippen LogP contribution in [0.15, 0.2) is 30.5 Å². The minimum absolute atomic E-state index is 0.127. The summed E-state index contributed by atoms with van der Waals surface area (Å²) in [7, 11) is 0. The average Bonchev–Trinajstić information content (AvgIpc) is 3.14. The van der Waals surface area contributed by atoms with Gasteiger partial charge in [0.25, 0.3) is 0 Å². The Morgan fingerprint density at radius 3 is 2.79 bits per heavy atom. The fourth-order valence-corrected chi connectivity index (χ4v) is 2.52. The highest BCUT2D eigenvalue weighted by Crippen LogP contribution is 2.22. The average molecular weight is 379 g/mol. The fourth-order valence-electron chi connectivity index (χ4n) is 2.52. The molecule has 0 amide bonds. The lowest BCUT2D eigenvalue weighted by atomic mass is 10.1. The molecule has 0 saturated heterocycles. The molecule has 0 aliphatic rings. The number of nitrogens with one attached hydrogen (secondary N) is 3. The van der Waals surface area contributed by atoms with E-state index < -0.39 is 0 Å². The summed E-state index contributed by atoms with van der Waals surface area (Å²) in [6, 6.07) is 9.37. The van der Waals surface area contributed by atoms with Crippen molar-refractivity contribution in [3.05, 3.63) is 53.0 Å². The quantitative estimate of drug-likeness (QED) is 0.439. The monoisotopic (exact) mass is 379 g/mol. The Bertz CT molecular complexity index is 977. The number of hydrogen-bond donors (Lipinski definition) is 4. The van der Waals surface area contributed by atoms with E-state index in [-0.39, 0.29) is 6.61 Å². The van der Waals surface area contributed by atoms with Crippen LogP contribution in [0.25, 0.3) is 0 Å². The Morgan fingerprint density at radius 2 is 2.11 bits per heavy atom. The molecule has 3 rings (SSSR count). The van der Waals surface area contributed by atoms with Gasteiger partial charge in [-0.05, 0) is 37.6 Å². The number of aromatic nitrogens is 4. The molecule has 0 fully saturated rings. The molecule has 0 spiro atoms. The third-order valence-corrected chi connectivity index (χ3v) is 3.93. The highest BCUT2D eigenvalue weighted by Gasteiger charge is 2.11. The van der Waals surface area contributed by atoms with Crippen LogP contribution in [0.3, 0.4) is 0 Å². The maximum atomic E-state index is 9.44. The summed E-state index contributed by atoms with van der Waals surface area (Å²) < 4.78 is 5.64. The molecule has 3 heterocycles. The van der Waals surface area contributed by atoms with Crippen molar-refractivity contribution < 1.29 is 9.84 Å². The van der Waals surface area contributed by atoms with Crippen LogP contribution in [0.2, 0.25) is 0 Å². The van der Waals surface area contributed by atoms with Crippen molar-refractivity contribution in [2.75, 3.05) is 23.8 Å². The molecule has 0 saturated carbocycles. The molecule has 9 nitrogen and oxygen atoms in total. The highest BCUT2D eigenvalue weighted by atomic mass is 16.5. The Balaban J connectivity index is 1.65. The largest absolute Gasteiger partial charge is 0.490 e. The zero-order chi connectivity index (χ0) is 19.9. The number of nitriles is 1. The Kier molecular flexibility index (Phi) is 6.04. The molecule has 0 aliphatic carbocycles. The summed E-state index contributed by atoms with van der Waals surface area (Å²) in [6.45, 7) is 4.49. The van der Waals surface area contributed by atoms with Gasteiger partial charge in [0.2, 0.25) is 0 Å². The van der Waals surface area contributed by atoms with Gasteiger partial charge in [-0.1, -0.05) is 0 Å². The van der Waals surface area contributed by atoms with Gasteiger partial charge in [-0.15, -0.1) is 0 Å². The number of nitrogens with zero attached hydrogens (tertiary/aromatic N) is 4. The third-order valence-electron chi connectivity index (χ3n) is 3.93. The predicted octanol–water partition coefficient (Wildman–Crippen LogP) is 2.42. The van der Waals surface area contributed by atoms with Crippen LogP contribution in [0, 0.1) is 25.2 Å². The highest BCUT2D eigenvalue weighted by molar-refractivity contribution is 5.63. The van der Waals surface area contributed by atoms with E-state index in [2.05, 4.69) is 36.9 Å². The van der Waals surface area contributed by atoms with Crippen LogP contribution in [0.1, 0.15) is 22.5 Å². The molecular formula is C19H21N7O2. The lowest BCUT2D eigenvalue weighted by molar-refractivity contribution is 0.276. The fraction of sp³-hybridized carbons (Fsp3) is 0.263. The standard InChI is InChI=1S/C19H21N7O2/c1-12-7-17(23-18-8-14(11-27)25-26-18)24-19(16(12)9-20)21-5-6-28-15-4-3-13(2)22-10-15/h3-4,7-8,10,27H,5-6,11H2,1-2H3,(H3,21,23,24,25,26). The number of aryl methyl sites for hydroxylation is 2. The van der Waals surface area contributed by atoms with Gasteiger partial charge in [0.05, 0.1) is 30.6 Å². The second kappa shape index (κ2) is 8.83. The number of hydrogen-bond acceptors (Lipinski definition) is 8. The number of pyridine rings is 2. The number of H-pyrrole nitrogens is 1. The van der Waals surface area contributed by atoms with Crippen LogP contribution < -0.4 is 15.4 Å². The van der Waals surface area contributed by atoms with Crippen molar-refractivity contribution in [3.8, 4) is 11.8 Å². The molecule has 0 aromatic carbocycles. The van der Waals surface area contributed by atoms with Crippen molar-refractivity contribution in [3.63, 3.8) is 0 Å². The number of ether oxygens (including phenoxy) is 1. The Labute approximate surface area is 162 Å². The van der Waals surface area contributed by atoms with E-state index in [4.69, 9.17) is 9.84 Å². The van der Waals surface area contributed by atoms with Gasteiger partial charge < -0.3 is 20.5 Å². The second-order valence-electron chi connectivity index (χ2n) is 6.13. The number of anilines is 3. The van der Waals surface area contributed by atoms with E-state index in [9.17, 15) is 5.26 Å². The maximum absolute atomic E-state index is 9.44. The first kappa shape index (κ1) is 19.1. The lowest BCUT2D eigenvalue weighted by Crippen LogP contribution is -2.14. The first-order valence-electron chi connectivity index (χ1n) is 8.72. The van der Waals surface area contributed by atoms with E-state index in [1.807, 2.05) is 26.0 Å². The molecular weight excluding hydrogens is 358 g/mol. The zero-order valence-corrected chi connectivity index (χ0v) is 15.7. The molecule has 3 aromatic rings. The molecule has 0 aliphatic heterocycles. The Hall–Kier alpha value is -3.64. The lowest BCUT2D eigenvalue weighted by Gasteiger charge is -2.12. The van der Waals surface area contributed by atoms with E-state index in [1.165, 1.54) is 0 Å². The molecule has 4 N–H and O–H groups in total. The molecule has 3 aromatic heterocycles. The third kappa shape index (κ3) is 4.75. The summed E-state index contributed by atoms with van der Waals surface area (Å²) in [4.78, 5) is 8.64. The van der Waals surface area contributed by atoms with Gasteiger partial charge in [0.1, 0.15) is 30.1 Å². The summed E-state index contributed by atoms with van der Waals surface area (Å²) in [5.41, 5.74) is 2.77. The van der Waals surface area contributed by atoms with Crippen molar-refractivity contribution in [1.29, 1.82) is 5.26 Å². The molecule has 0 atom stereocenters. The van der Waals surface area contributed by atoms with E-state index in [0.717, 1.165) is 11.3 Å². The molecule has 0 bridgehead atoms. The van der Waals surface area contributed by atoms with Crippen molar-refractivity contribution >= 4 is 17.5 Å². The number of rotatable bonds is 8. The first-order valence-corrected chi connectivity index (χ1v) is 8.72. The normalized spacial score (nSPS) is 10.4. The van der Waals surface area contributed by atoms with E-state index >= 15 is 0 Å². The van der Waals surface area contributed by atoms with Crippen LogP contribution in [-0.4, -0.2) is 38.4 Å². The molecule has 144 valence electrons. The number of aromatic amines is 1. The zero-order valence-electron chi connectivity index (χ0n) is 15.7. The minimum atomic E-state index is -0.127. The predicted molar refractivity (Wildman–Crippen MR) is 104 cm³/mol. The summed E-state index contributed by atoms with van der Waals surface area (Å²) in [5, 5.41) is 31.5. The number of aliphatic hydroxyl groups is 1. The summed E-state index contributed by atoms with van der Waals surface area (Å²) in [6.07, 6.45) is 1.67. The van der Waals surface area contributed by atoms with Gasteiger partial charge >= 0.3 is 0 Å². The molecule has 9 heteroatoms. The van der Waals surface area contributed by atoms with Gasteiger partial charge in [-0.25, -0.2) is 4.98 Å². The topological polar surface area (TPSA) is 132 Å². The van der Waals surface area contributed by atoms with Crippen LogP contribution in [-0.2, 0) is 6.61 Å². The van der Waals surface area contributed by atoms with Crippen LogP contribution >= 0.6 is 0 Å². The van der Waals surface area contributed by atoms with Gasteiger partial charge in [-0.3, -0.25) is 10.1 Å². The molecule has 0 radical (unpaired) electrons. The SMILES string of the molecule is Cc1ccc(OCCNc2nc(Nc3cc(CO)[nH]n3)cc(C)c2C#N)cn1. The molecule has 28 heavy (non-hydrogen) atoms. The van der Waals surface area contributed by atoms with E-state index in [0.29, 0.717) is 47.6 Å². The second-order valence-corrected chi connectivity index (χ2v) is 6.13. The van der Waals surface area contributed by atoms with Crippen molar-refractivity contribution in [2.45, 2.75) is 20.5 Å². The van der Waals surface area contributed by atoms with Crippen molar-refractivity contribution in [1.82, 2.24) is 20.2 Å². The molecule has 0 unspecified atom stereocenters. The van der Waals surface area contributed by atoms with Crippen LogP contribution in [0.5, 0.6) is 5.75 Å². The first-order chi connectivity index (χ1) is 13.6. The van der Waals surface area contributed by atoms with Crippen LogP contribution in [0.4, 0.5) is 17.5 Å². The number of aliphatic hydroxyl groups excluding tert-OH is 1. The van der Waals surface area contributed by atoms with Gasteiger partial charge in [-0.2, -0.15) is 10.4 Å². The van der Waals surface area contributed by atoms with Gasteiger partial charge in [0, 0.05) is 11.8 Å².